The van der Waals surface area contributed by atoms with Gasteiger partial charge in [-0.15, -0.1) is 0 Å². The molecule has 0 unspecified atom stereocenters. The van der Waals surface area contributed by atoms with E-state index < -0.39 is 0 Å². The molecule has 26 heavy (non-hydrogen) atoms. The van der Waals surface area contributed by atoms with Crippen LogP contribution in [-0.2, 0) is 0 Å². The number of nitrogens with zero attached hydrogens (tertiary/aromatic N) is 2. The molecule has 0 atom stereocenters. The first-order valence-corrected chi connectivity index (χ1v) is 8.56. The van der Waals surface area contributed by atoms with Gasteiger partial charge in [-0.05, 0) is 58.1 Å². The van der Waals surface area contributed by atoms with E-state index in [2.05, 4.69) is 15.6 Å². The molecule has 0 fully saturated rings. The summed E-state index contributed by atoms with van der Waals surface area (Å²) in [5.41, 5.74) is 4.54. The molecular weight excluding hydrogens is 328 g/mol. The third-order valence-electron chi connectivity index (χ3n) is 4.01. The lowest BCUT2D eigenvalue weighted by Crippen LogP contribution is -2.31. The van der Waals surface area contributed by atoms with Crippen LogP contribution < -0.4 is 10.6 Å². The van der Waals surface area contributed by atoms with Gasteiger partial charge in [-0.25, -0.2) is 0 Å². The van der Waals surface area contributed by atoms with Crippen LogP contribution in [0.2, 0.25) is 0 Å². The molecule has 1 heterocycles. The van der Waals surface area contributed by atoms with Crippen LogP contribution >= 0.6 is 0 Å². The fourth-order valence-corrected chi connectivity index (χ4v) is 2.75. The molecular formula is C20H26N4O2. The maximum absolute atomic E-state index is 12.6. The van der Waals surface area contributed by atoms with Crippen LogP contribution in [0.1, 0.15) is 37.5 Å². The number of pyridine rings is 1. The summed E-state index contributed by atoms with van der Waals surface area (Å²) in [6, 6.07) is 7.15. The van der Waals surface area contributed by atoms with Gasteiger partial charge < -0.3 is 15.5 Å². The monoisotopic (exact) mass is 354 g/mol. The number of likely N-dealkylation sites (N-methyl/N-ethyl adjacent to an activating group) is 1. The Morgan fingerprint density at radius 3 is 2.31 bits per heavy atom. The normalized spacial score (nSPS) is 10.7. The second kappa shape index (κ2) is 8.58. The van der Waals surface area contributed by atoms with Gasteiger partial charge in [-0.2, -0.15) is 0 Å². The van der Waals surface area contributed by atoms with Crippen LogP contribution in [0, 0.1) is 20.8 Å². The number of anilines is 1. The number of aromatic nitrogens is 1. The molecule has 1 aromatic carbocycles. The van der Waals surface area contributed by atoms with Gasteiger partial charge in [-0.3, -0.25) is 14.6 Å². The molecule has 2 amide bonds. The molecule has 0 bridgehead atoms. The summed E-state index contributed by atoms with van der Waals surface area (Å²) < 4.78 is 0. The fourth-order valence-electron chi connectivity index (χ4n) is 2.75. The van der Waals surface area contributed by atoms with E-state index >= 15 is 0 Å². The number of benzene rings is 1. The van der Waals surface area contributed by atoms with Crippen LogP contribution in [0.25, 0.3) is 0 Å². The van der Waals surface area contributed by atoms with Gasteiger partial charge in [0.15, 0.2) is 0 Å². The van der Waals surface area contributed by atoms with Gasteiger partial charge in [0.2, 0.25) is 0 Å². The van der Waals surface area contributed by atoms with Crippen molar-refractivity contribution in [2.24, 2.45) is 0 Å². The lowest BCUT2D eigenvalue weighted by atomic mass is 10.0. The zero-order valence-corrected chi connectivity index (χ0v) is 16.0. The number of nitrogens with one attached hydrogen (secondary N) is 2. The van der Waals surface area contributed by atoms with Gasteiger partial charge in [0.05, 0.1) is 0 Å². The molecule has 0 aliphatic rings. The summed E-state index contributed by atoms with van der Waals surface area (Å²) in [6.07, 6.45) is 1.48. The average Bonchev–Trinajstić information content (AvgIpc) is 2.57. The molecule has 0 radical (unpaired) electrons. The van der Waals surface area contributed by atoms with Gasteiger partial charge in [0, 0.05) is 30.5 Å². The summed E-state index contributed by atoms with van der Waals surface area (Å²) in [4.78, 5) is 30.9. The quantitative estimate of drug-likeness (QED) is 0.836. The van der Waals surface area contributed by atoms with Crippen LogP contribution in [-0.4, -0.2) is 48.9 Å². The Morgan fingerprint density at radius 1 is 1.04 bits per heavy atom. The molecule has 0 aliphatic heterocycles. The molecule has 2 aromatic rings. The van der Waals surface area contributed by atoms with Crippen molar-refractivity contribution in [3.8, 4) is 0 Å². The molecule has 0 spiro atoms. The molecule has 0 saturated carbocycles. The Labute approximate surface area is 154 Å². The number of carbonyl (C=O) groups excluding carboxylic acids is 2. The molecule has 0 aliphatic carbocycles. The van der Waals surface area contributed by atoms with Gasteiger partial charge in [0.1, 0.15) is 5.69 Å². The second-order valence-electron chi connectivity index (χ2n) is 6.72. The van der Waals surface area contributed by atoms with Gasteiger partial charge in [0.25, 0.3) is 11.8 Å². The zero-order chi connectivity index (χ0) is 19.3. The van der Waals surface area contributed by atoms with E-state index in [4.69, 9.17) is 0 Å². The summed E-state index contributed by atoms with van der Waals surface area (Å²) >= 11 is 0. The predicted octanol–water partition coefficient (Wildman–Crippen LogP) is 2.55. The highest BCUT2D eigenvalue weighted by Crippen LogP contribution is 2.22. The van der Waals surface area contributed by atoms with E-state index in [-0.39, 0.29) is 17.5 Å². The Morgan fingerprint density at radius 2 is 1.69 bits per heavy atom. The number of hydrogen-bond donors (Lipinski definition) is 2. The van der Waals surface area contributed by atoms with E-state index in [1.165, 1.54) is 12.3 Å². The maximum Gasteiger partial charge on any atom is 0.274 e. The lowest BCUT2D eigenvalue weighted by molar-refractivity contribution is 0.0951. The van der Waals surface area contributed by atoms with Crippen molar-refractivity contribution in [3.63, 3.8) is 0 Å². The zero-order valence-electron chi connectivity index (χ0n) is 16.0. The van der Waals surface area contributed by atoms with Crippen molar-refractivity contribution in [2.75, 3.05) is 32.5 Å². The van der Waals surface area contributed by atoms with E-state index in [1.807, 2.05) is 51.9 Å². The first kappa shape index (κ1) is 19.6. The number of carbonyl (C=O) groups is 2. The SMILES string of the molecule is Cc1cc(C)c(NC(=O)c2cc(C(=O)NCCN(C)C)ccn2)c(C)c1. The number of aryl methyl sites for hydroxylation is 3. The van der Waals surface area contributed by atoms with Crippen molar-refractivity contribution < 1.29 is 9.59 Å². The molecule has 2 rings (SSSR count). The topological polar surface area (TPSA) is 74.3 Å². The highest BCUT2D eigenvalue weighted by molar-refractivity contribution is 6.05. The Hall–Kier alpha value is -2.73. The smallest absolute Gasteiger partial charge is 0.274 e. The molecule has 138 valence electrons. The molecule has 2 N–H and O–H groups in total. The van der Waals surface area contributed by atoms with Crippen LogP contribution in [0.4, 0.5) is 5.69 Å². The molecule has 6 heteroatoms. The summed E-state index contributed by atoms with van der Waals surface area (Å²) in [5.74, 6) is -0.547. The lowest BCUT2D eigenvalue weighted by Gasteiger charge is -2.13. The predicted molar refractivity (Wildman–Crippen MR) is 104 cm³/mol. The van der Waals surface area contributed by atoms with E-state index in [1.54, 1.807) is 6.07 Å². The second-order valence-corrected chi connectivity index (χ2v) is 6.72. The largest absolute Gasteiger partial charge is 0.351 e. The van der Waals surface area contributed by atoms with Crippen LogP contribution in [0.5, 0.6) is 0 Å². The van der Waals surface area contributed by atoms with Crippen LogP contribution in [0.3, 0.4) is 0 Å². The average molecular weight is 354 g/mol. The van der Waals surface area contributed by atoms with Gasteiger partial charge in [-0.1, -0.05) is 17.7 Å². The summed E-state index contributed by atoms with van der Waals surface area (Å²) in [6.45, 7) is 7.22. The van der Waals surface area contributed by atoms with Crippen molar-refractivity contribution >= 4 is 17.5 Å². The minimum atomic E-state index is -0.331. The molecule has 6 nitrogen and oxygen atoms in total. The third-order valence-corrected chi connectivity index (χ3v) is 4.01. The van der Waals surface area contributed by atoms with Crippen LogP contribution in [0.15, 0.2) is 30.5 Å². The number of hydrogen-bond acceptors (Lipinski definition) is 4. The molecule has 1 aromatic heterocycles. The van der Waals surface area contributed by atoms with E-state index in [9.17, 15) is 9.59 Å². The number of rotatable bonds is 6. The van der Waals surface area contributed by atoms with Gasteiger partial charge >= 0.3 is 0 Å². The van der Waals surface area contributed by atoms with Crippen molar-refractivity contribution in [1.82, 2.24) is 15.2 Å². The van der Waals surface area contributed by atoms with Crippen molar-refractivity contribution in [3.05, 3.63) is 58.4 Å². The minimum absolute atomic E-state index is 0.213. The highest BCUT2D eigenvalue weighted by atomic mass is 16.2. The first-order valence-electron chi connectivity index (χ1n) is 8.56. The van der Waals surface area contributed by atoms with E-state index in [0.29, 0.717) is 12.1 Å². The maximum atomic E-state index is 12.6. The Kier molecular flexibility index (Phi) is 6.46. The van der Waals surface area contributed by atoms with Crippen molar-refractivity contribution in [2.45, 2.75) is 20.8 Å². The minimum Gasteiger partial charge on any atom is -0.351 e. The van der Waals surface area contributed by atoms with Crippen molar-refractivity contribution in [1.29, 1.82) is 0 Å². The Bertz CT molecular complexity index is 792. The summed E-state index contributed by atoms with van der Waals surface area (Å²) in [5, 5.41) is 5.74. The summed E-state index contributed by atoms with van der Waals surface area (Å²) in [7, 11) is 3.88. The van der Waals surface area contributed by atoms with E-state index in [0.717, 1.165) is 28.9 Å². The standard InChI is InChI=1S/C20H26N4O2/c1-13-10-14(2)18(15(3)11-13)23-20(26)17-12-16(6-7-21-17)19(25)22-8-9-24(4)5/h6-7,10-12H,8-9H2,1-5H3,(H,22,25)(H,23,26). The Balaban J connectivity index is 2.12. The number of amides is 2. The fraction of sp³-hybridized carbons (Fsp3) is 0.350. The highest BCUT2D eigenvalue weighted by Gasteiger charge is 2.14. The first-order chi connectivity index (χ1) is 12.3. The third kappa shape index (κ3) is 5.13. The molecule has 0 saturated heterocycles.